The number of aromatic nitrogens is 3. The van der Waals surface area contributed by atoms with E-state index >= 15 is 0 Å². The molecule has 6 nitrogen and oxygen atoms in total. The minimum absolute atomic E-state index is 0.309. The number of carbonyl (C=O) groups excluding carboxylic acids is 1. The van der Waals surface area contributed by atoms with E-state index in [4.69, 9.17) is 5.26 Å². The Bertz CT molecular complexity index is 1320. The Morgan fingerprint density at radius 1 is 1.26 bits per heavy atom. The molecule has 0 radical (unpaired) electrons. The van der Waals surface area contributed by atoms with Crippen LogP contribution in [-0.2, 0) is 0 Å². The number of thiazole rings is 1. The van der Waals surface area contributed by atoms with Crippen LogP contribution in [0.15, 0.2) is 48.1 Å². The molecule has 0 atom stereocenters. The summed E-state index contributed by atoms with van der Waals surface area (Å²) < 4.78 is 1.78. The Hall–Kier alpha value is -3.76. The molecule has 0 fully saturated rings. The fraction of sp³-hybridized carbons (Fsp3) is 0.167. The average molecular weight is 428 g/mol. The lowest BCUT2D eigenvalue weighted by atomic mass is 9.92. The van der Waals surface area contributed by atoms with Crippen LogP contribution in [0.1, 0.15) is 58.2 Å². The number of anilines is 1. The van der Waals surface area contributed by atoms with E-state index in [0.717, 1.165) is 10.5 Å². The molecule has 154 valence electrons. The summed E-state index contributed by atoms with van der Waals surface area (Å²) in [6.07, 6.45) is 7.17. The Labute approximate surface area is 184 Å². The third kappa shape index (κ3) is 4.11. The number of pyridine rings is 1. The number of benzene rings is 1. The van der Waals surface area contributed by atoms with Crippen LogP contribution in [0, 0.1) is 18.3 Å². The predicted molar refractivity (Wildman–Crippen MR) is 124 cm³/mol. The molecule has 0 aliphatic carbocycles. The molecular weight excluding hydrogens is 406 g/mol. The Balaban J connectivity index is 1.70. The first-order chi connectivity index (χ1) is 15.0. The molecule has 0 aliphatic heterocycles. The van der Waals surface area contributed by atoms with Crippen molar-refractivity contribution in [2.45, 2.75) is 26.7 Å². The first kappa shape index (κ1) is 20.5. The summed E-state index contributed by atoms with van der Waals surface area (Å²) in [5.41, 5.74) is 5.11. The summed E-state index contributed by atoms with van der Waals surface area (Å²) in [5, 5.41) is 13.6. The minimum atomic E-state index is -0.309. The van der Waals surface area contributed by atoms with Crippen molar-refractivity contribution in [2.24, 2.45) is 0 Å². The topological polar surface area (TPSA) is 83.1 Å². The van der Waals surface area contributed by atoms with Crippen LogP contribution in [0.2, 0.25) is 0 Å². The highest BCUT2D eigenvalue weighted by molar-refractivity contribution is 7.15. The third-order valence-corrected chi connectivity index (χ3v) is 5.75. The molecule has 0 aliphatic rings. The van der Waals surface area contributed by atoms with Crippen molar-refractivity contribution in [1.29, 1.82) is 5.26 Å². The molecule has 0 spiro atoms. The van der Waals surface area contributed by atoms with E-state index in [-0.39, 0.29) is 5.91 Å². The standard InChI is InChI=1S/C24H21N5OS/c1-15(2)21-16(3)5-4-6-18(21)8-9-19-22(29-11-12-31-24(29)27-19)23(30)28-20-10-7-17(13-25)14-26-20/h4-12,14-15H,1-3H3,(H,26,28,30). The van der Waals surface area contributed by atoms with Crippen molar-refractivity contribution >= 4 is 40.2 Å². The van der Waals surface area contributed by atoms with Crippen molar-refractivity contribution in [2.75, 3.05) is 5.32 Å². The van der Waals surface area contributed by atoms with Gasteiger partial charge in [0.25, 0.3) is 5.91 Å². The van der Waals surface area contributed by atoms with Crippen LogP contribution in [0.3, 0.4) is 0 Å². The number of nitrogens with one attached hydrogen (secondary N) is 1. The van der Waals surface area contributed by atoms with Gasteiger partial charge in [-0.25, -0.2) is 9.97 Å². The predicted octanol–water partition coefficient (Wildman–Crippen LogP) is 5.52. The van der Waals surface area contributed by atoms with Crippen LogP contribution in [-0.4, -0.2) is 20.3 Å². The second kappa shape index (κ2) is 8.54. The molecule has 0 bridgehead atoms. The molecular formula is C24H21N5OS. The van der Waals surface area contributed by atoms with E-state index in [1.54, 1.807) is 16.5 Å². The molecule has 0 saturated carbocycles. The van der Waals surface area contributed by atoms with Crippen molar-refractivity contribution in [3.05, 3.63) is 81.7 Å². The number of amides is 1. The number of carbonyl (C=O) groups is 1. The lowest BCUT2D eigenvalue weighted by molar-refractivity contribution is 0.102. The summed E-state index contributed by atoms with van der Waals surface area (Å²) in [6, 6.07) is 11.5. The van der Waals surface area contributed by atoms with Gasteiger partial charge in [0, 0.05) is 17.8 Å². The minimum Gasteiger partial charge on any atom is -0.305 e. The number of hydrogen-bond donors (Lipinski definition) is 1. The maximum Gasteiger partial charge on any atom is 0.276 e. The molecule has 1 aromatic carbocycles. The summed E-state index contributed by atoms with van der Waals surface area (Å²) in [6.45, 7) is 6.47. The van der Waals surface area contributed by atoms with Gasteiger partial charge >= 0.3 is 0 Å². The highest BCUT2D eigenvalue weighted by Crippen LogP contribution is 2.26. The Kier molecular flexibility index (Phi) is 5.65. The lowest BCUT2D eigenvalue weighted by Gasteiger charge is -2.13. The van der Waals surface area contributed by atoms with Gasteiger partial charge in [0.15, 0.2) is 4.96 Å². The zero-order valence-corrected chi connectivity index (χ0v) is 18.3. The number of hydrogen-bond acceptors (Lipinski definition) is 5. The first-order valence-electron chi connectivity index (χ1n) is 9.88. The van der Waals surface area contributed by atoms with E-state index in [1.165, 1.54) is 28.7 Å². The monoisotopic (exact) mass is 427 g/mol. The van der Waals surface area contributed by atoms with Crippen LogP contribution in [0.4, 0.5) is 5.82 Å². The second-order valence-corrected chi connectivity index (χ2v) is 8.34. The quantitative estimate of drug-likeness (QED) is 0.455. The van der Waals surface area contributed by atoms with Gasteiger partial charge in [-0.15, -0.1) is 11.3 Å². The van der Waals surface area contributed by atoms with E-state index in [1.807, 2.05) is 35.9 Å². The fourth-order valence-electron chi connectivity index (χ4n) is 3.66. The zero-order valence-electron chi connectivity index (χ0n) is 17.5. The number of rotatable bonds is 5. The van der Waals surface area contributed by atoms with Gasteiger partial charge in [0.05, 0.1) is 11.3 Å². The van der Waals surface area contributed by atoms with Gasteiger partial charge in [-0.3, -0.25) is 9.20 Å². The van der Waals surface area contributed by atoms with Crippen molar-refractivity contribution in [3.63, 3.8) is 0 Å². The largest absolute Gasteiger partial charge is 0.305 e. The molecule has 3 aromatic heterocycles. The van der Waals surface area contributed by atoms with Gasteiger partial charge in [-0.05, 0) is 47.7 Å². The number of imidazole rings is 1. The van der Waals surface area contributed by atoms with Crippen molar-refractivity contribution in [1.82, 2.24) is 14.4 Å². The number of aryl methyl sites for hydroxylation is 1. The summed E-state index contributed by atoms with van der Waals surface area (Å²) in [5.74, 6) is 0.456. The van der Waals surface area contributed by atoms with Gasteiger partial charge in [0.2, 0.25) is 0 Å². The third-order valence-electron chi connectivity index (χ3n) is 4.99. The van der Waals surface area contributed by atoms with Crippen molar-refractivity contribution < 1.29 is 4.79 Å². The van der Waals surface area contributed by atoms with Gasteiger partial charge in [-0.2, -0.15) is 5.26 Å². The summed E-state index contributed by atoms with van der Waals surface area (Å²) in [7, 11) is 0. The molecule has 7 heteroatoms. The zero-order chi connectivity index (χ0) is 22.0. The molecule has 1 N–H and O–H groups in total. The number of nitrogens with zero attached hydrogens (tertiary/aromatic N) is 4. The number of fused-ring (bicyclic) bond motifs is 1. The first-order valence-corrected chi connectivity index (χ1v) is 10.8. The van der Waals surface area contributed by atoms with Crippen LogP contribution in [0.5, 0.6) is 0 Å². The molecule has 31 heavy (non-hydrogen) atoms. The smallest absolute Gasteiger partial charge is 0.276 e. The molecule has 4 rings (SSSR count). The highest BCUT2D eigenvalue weighted by Gasteiger charge is 2.19. The molecule has 4 aromatic rings. The number of nitriles is 1. The van der Waals surface area contributed by atoms with E-state index < -0.39 is 0 Å². The average Bonchev–Trinajstić information content (AvgIpc) is 3.33. The summed E-state index contributed by atoms with van der Waals surface area (Å²) >= 11 is 1.47. The van der Waals surface area contributed by atoms with Crippen molar-refractivity contribution in [3.8, 4) is 6.07 Å². The Morgan fingerprint density at radius 2 is 2.10 bits per heavy atom. The lowest BCUT2D eigenvalue weighted by Crippen LogP contribution is -2.16. The highest BCUT2D eigenvalue weighted by atomic mass is 32.1. The maximum atomic E-state index is 13.1. The normalized spacial score (nSPS) is 11.3. The SMILES string of the molecule is Cc1cccc(C=Cc2nc3sccn3c2C(=O)Nc2ccc(C#N)cn2)c1C(C)C. The van der Waals surface area contributed by atoms with Crippen LogP contribution >= 0.6 is 11.3 Å². The van der Waals surface area contributed by atoms with Gasteiger partial charge in [-0.1, -0.05) is 38.1 Å². The van der Waals surface area contributed by atoms with E-state index in [0.29, 0.717) is 28.7 Å². The molecule has 1 amide bonds. The molecule has 0 saturated heterocycles. The maximum absolute atomic E-state index is 13.1. The van der Waals surface area contributed by atoms with E-state index in [2.05, 4.69) is 48.2 Å². The molecule has 0 unspecified atom stereocenters. The second-order valence-electron chi connectivity index (χ2n) is 7.47. The fourth-order valence-corrected chi connectivity index (χ4v) is 4.38. The molecule has 3 heterocycles. The summed E-state index contributed by atoms with van der Waals surface area (Å²) in [4.78, 5) is 22.6. The van der Waals surface area contributed by atoms with E-state index in [9.17, 15) is 4.79 Å². The Morgan fingerprint density at radius 3 is 2.81 bits per heavy atom. The van der Waals surface area contributed by atoms with Gasteiger partial charge in [0.1, 0.15) is 17.6 Å². The van der Waals surface area contributed by atoms with Crippen LogP contribution in [0.25, 0.3) is 17.1 Å². The van der Waals surface area contributed by atoms with Crippen LogP contribution < -0.4 is 5.32 Å². The van der Waals surface area contributed by atoms with Gasteiger partial charge < -0.3 is 5.32 Å².